The summed E-state index contributed by atoms with van der Waals surface area (Å²) in [5.74, 6) is 0. The monoisotopic (exact) mass is 766 g/mol. The van der Waals surface area contributed by atoms with Gasteiger partial charge in [-0.05, 0) is 137 Å². The van der Waals surface area contributed by atoms with Gasteiger partial charge in [0.2, 0.25) is 0 Å². The van der Waals surface area contributed by atoms with E-state index >= 15 is 0 Å². The molecule has 4 aromatic rings. The number of aliphatic imine (C=N–C) groups is 4. The van der Waals surface area contributed by atoms with Crippen molar-refractivity contribution in [3.63, 3.8) is 0 Å². The minimum absolute atomic E-state index is 0.838. The lowest BCUT2D eigenvalue weighted by atomic mass is 9.89. The van der Waals surface area contributed by atoms with Crippen molar-refractivity contribution in [3.8, 4) is 11.1 Å². The number of benzene rings is 4. The van der Waals surface area contributed by atoms with Crippen LogP contribution in [-0.2, 0) is 0 Å². The van der Waals surface area contributed by atoms with E-state index in [-0.39, 0.29) is 0 Å². The van der Waals surface area contributed by atoms with Crippen molar-refractivity contribution in [1.82, 2.24) is 0 Å². The van der Waals surface area contributed by atoms with Gasteiger partial charge in [0.1, 0.15) is 0 Å². The minimum Gasteiger partial charge on any atom is -0.248 e. The highest BCUT2D eigenvalue weighted by Gasteiger charge is 2.27. The molecule has 5 heteroatoms. The molecule has 242 valence electrons. The van der Waals surface area contributed by atoms with Crippen LogP contribution < -0.4 is 0 Å². The smallest absolute Gasteiger partial charge is 0.0816 e. The number of aryl methyl sites for hydroxylation is 2. The summed E-state index contributed by atoms with van der Waals surface area (Å²) in [5, 5.41) is 0. The van der Waals surface area contributed by atoms with Gasteiger partial charge >= 0.3 is 0 Å². The second-order valence-corrected chi connectivity index (χ2v) is 14.3. The zero-order chi connectivity index (χ0) is 34.5. The molecule has 0 unspecified atom stereocenters. The molecule has 0 amide bonds. The van der Waals surface area contributed by atoms with Crippen LogP contribution >= 0.6 is 22.6 Å². The molecule has 8 bridgehead atoms. The van der Waals surface area contributed by atoms with Crippen LogP contribution in [0.1, 0.15) is 27.8 Å². The molecule has 5 aliphatic heterocycles. The Morgan fingerprint density at radius 3 is 1.73 bits per heavy atom. The molecule has 0 spiro atoms. The van der Waals surface area contributed by atoms with Gasteiger partial charge in [0.05, 0.1) is 45.6 Å². The van der Waals surface area contributed by atoms with Crippen molar-refractivity contribution in [1.29, 1.82) is 0 Å². The molecular formula is C46H31IN4. The van der Waals surface area contributed by atoms with E-state index < -0.39 is 0 Å². The van der Waals surface area contributed by atoms with Crippen molar-refractivity contribution in [2.24, 2.45) is 20.0 Å². The third-order valence-corrected chi connectivity index (χ3v) is 10.1. The fraction of sp³-hybridized carbons (Fsp3) is 0.0435. The summed E-state index contributed by atoms with van der Waals surface area (Å²) >= 11 is 2.35. The average molecular weight is 767 g/mol. The van der Waals surface area contributed by atoms with Crippen LogP contribution in [-0.4, -0.2) is 22.8 Å². The summed E-state index contributed by atoms with van der Waals surface area (Å²) in [7, 11) is 0. The summed E-state index contributed by atoms with van der Waals surface area (Å²) in [6.45, 7) is 4.21. The highest BCUT2D eigenvalue weighted by molar-refractivity contribution is 14.1. The van der Waals surface area contributed by atoms with Gasteiger partial charge in [-0.1, -0.05) is 90.0 Å². The molecule has 0 saturated carbocycles. The number of fused-ring (bicyclic) bond motifs is 4. The van der Waals surface area contributed by atoms with Crippen molar-refractivity contribution in [3.05, 3.63) is 206 Å². The first kappa shape index (κ1) is 31.2. The van der Waals surface area contributed by atoms with Crippen LogP contribution in [0.4, 0.5) is 0 Å². The Labute approximate surface area is 311 Å². The van der Waals surface area contributed by atoms with Crippen LogP contribution in [0.3, 0.4) is 0 Å². The SMILES string of the molecule is Cc1ccc(C2=C3C=CC(=N3)C=C3C=C(c4cccc(-c5ccc(I)cc5)c4)C(=N3)C(c3ccc(C)cc3)=C3C=CC(=N3)C=C3C=CC2=N3)cc1. The van der Waals surface area contributed by atoms with Crippen LogP contribution in [0.2, 0.25) is 0 Å². The van der Waals surface area contributed by atoms with E-state index in [1.807, 2.05) is 6.08 Å². The van der Waals surface area contributed by atoms with E-state index in [9.17, 15) is 0 Å². The molecule has 0 atom stereocenters. The van der Waals surface area contributed by atoms with Crippen molar-refractivity contribution >= 4 is 62.2 Å². The summed E-state index contributed by atoms with van der Waals surface area (Å²) < 4.78 is 1.21. The Hall–Kier alpha value is -5.79. The molecule has 0 radical (unpaired) electrons. The predicted molar refractivity (Wildman–Crippen MR) is 222 cm³/mol. The fourth-order valence-corrected chi connectivity index (χ4v) is 7.16. The van der Waals surface area contributed by atoms with Crippen LogP contribution in [0, 0.1) is 17.4 Å². The van der Waals surface area contributed by atoms with E-state index in [0.29, 0.717) is 0 Å². The molecule has 5 aliphatic rings. The van der Waals surface area contributed by atoms with E-state index in [1.165, 1.54) is 20.3 Å². The van der Waals surface area contributed by atoms with Gasteiger partial charge in [-0.15, -0.1) is 0 Å². The highest BCUT2D eigenvalue weighted by Crippen LogP contribution is 2.38. The Morgan fingerprint density at radius 1 is 0.451 bits per heavy atom. The van der Waals surface area contributed by atoms with Crippen molar-refractivity contribution in [2.75, 3.05) is 0 Å². The van der Waals surface area contributed by atoms with Gasteiger partial charge in [0.25, 0.3) is 0 Å². The zero-order valence-electron chi connectivity index (χ0n) is 28.1. The van der Waals surface area contributed by atoms with Gasteiger partial charge in [0, 0.05) is 20.3 Å². The molecule has 0 fully saturated rings. The maximum absolute atomic E-state index is 5.37. The molecular weight excluding hydrogens is 735 g/mol. The van der Waals surface area contributed by atoms with Crippen LogP contribution in [0.15, 0.2) is 195 Å². The quantitative estimate of drug-likeness (QED) is 0.186. The highest BCUT2D eigenvalue weighted by atomic mass is 127. The second-order valence-electron chi connectivity index (χ2n) is 13.1. The second kappa shape index (κ2) is 12.8. The fourth-order valence-electron chi connectivity index (χ4n) is 6.80. The van der Waals surface area contributed by atoms with Crippen molar-refractivity contribution < 1.29 is 0 Å². The lowest BCUT2D eigenvalue weighted by Gasteiger charge is -2.15. The maximum Gasteiger partial charge on any atom is 0.0816 e. The van der Waals surface area contributed by atoms with Gasteiger partial charge in [-0.2, -0.15) is 0 Å². The van der Waals surface area contributed by atoms with Gasteiger partial charge < -0.3 is 0 Å². The largest absolute Gasteiger partial charge is 0.248 e. The Bertz CT molecular complexity index is 2540. The molecule has 0 saturated heterocycles. The molecule has 0 N–H and O–H groups in total. The summed E-state index contributed by atoms with van der Waals surface area (Å²) in [6, 6.07) is 34.6. The van der Waals surface area contributed by atoms with Crippen LogP contribution in [0.25, 0.3) is 27.8 Å². The lowest BCUT2D eigenvalue weighted by Crippen LogP contribution is -2.06. The molecule has 4 nitrogen and oxygen atoms in total. The molecule has 0 aliphatic carbocycles. The Morgan fingerprint density at radius 2 is 1.04 bits per heavy atom. The lowest BCUT2D eigenvalue weighted by molar-refractivity contribution is 1.40. The van der Waals surface area contributed by atoms with Crippen LogP contribution in [0.5, 0.6) is 0 Å². The number of hydrogen-bond acceptors (Lipinski definition) is 4. The minimum atomic E-state index is 0.838. The average Bonchev–Trinajstić information content (AvgIpc) is 3.97. The Balaban J connectivity index is 1.27. The topological polar surface area (TPSA) is 49.4 Å². The van der Waals surface area contributed by atoms with E-state index in [4.69, 9.17) is 20.0 Å². The molecule has 5 heterocycles. The maximum atomic E-state index is 5.37. The van der Waals surface area contributed by atoms with E-state index in [2.05, 4.69) is 182 Å². The zero-order valence-corrected chi connectivity index (χ0v) is 30.3. The number of rotatable bonds is 4. The Kier molecular flexibility index (Phi) is 7.85. The number of allylic oxidation sites excluding steroid dienone is 12. The van der Waals surface area contributed by atoms with E-state index in [0.717, 1.165) is 84.6 Å². The predicted octanol–water partition coefficient (Wildman–Crippen LogP) is 11.0. The molecule has 4 aromatic carbocycles. The van der Waals surface area contributed by atoms with Gasteiger partial charge in [-0.25, -0.2) is 20.0 Å². The summed E-state index contributed by atoms with van der Waals surface area (Å²) in [4.78, 5) is 20.8. The third-order valence-electron chi connectivity index (χ3n) is 9.40. The van der Waals surface area contributed by atoms with E-state index in [1.54, 1.807) is 0 Å². The summed E-state index contributed by atoms with van der Waals surface area (Å²) in [6.07, 6.45) is 18.8. The standard InChI is InChI=1S/C46H31IN4/c1-28-6-10-31(11-7-28)44-41-21-18-36(48-41)25-37-20-23-43(50-37)45(32-12-8-29(2)9-13-32)46-40(27-39(51-46)26-38-19-22-42(44)49-38)34-5-3-4-33(24-34)30-14-16-35(47)17-15-30/h3-27H,1-2H3. The molecule has 51 heavy (non-hydrogen) atoms. The van der Waals surface area contributed by atoms with Gasteiger partial charge in [-0.3, -0.25) is 0 Å². The number of nitrogens with zero attached hydrogens (tertiary/aromatic N) is 4. The summed E-state index contributed by atoms with van der Waals surface area (Å²) in [5.41, 5.74) is 17.9. The first-order valence-corrected chi connectivity index (χ1v) is 18.1. The van der Waals surface area contributed by atoms with Crippen molar-refractivity contribution in [2.45, 2.75) is 13.8 Å². The molecule has 9 rings (SSSR count). The normalized spacial score (nSPS) is 17.4. The first-order valence-electron chi connectivity index (χ1n) is 17.0. The van der Waals surface area contributed by atoms with Gasteiger partial charge in [0.15, 0.2) is 0 Å². The molecule has 0 aromatic heterocycles. The first-order chi connectivity index (χ1) is 24.9. The third kappa shape index (κ3) is 6.15. The number of hydrogen-bond donors (Lipinski definition) is 0. The number of halogens is 1.